The fourth-order valence-corrected chi connectivity index (χ4v) is 1.91. The maximum absolute atomic E-state index is 5.99. The highest BCUT2D eigenvalue weighted by molar-refractivity contribution is 5.80. The number of rotatable bonds is 2. The van der Waals surface area contributed by atoms with E-state index in [1.807, 2.05) is 36.4 Å². The fourth-order valence-electron chi connectivity index (χ4n) is 1.91. The number of anilines is 1. The monoisotopic (exact) mass is 209 g/mol. The van der Waals surface area contributed by atoms with Crippen LogP contribution in [0.2, 0.25) is 0 Å². The van der Waals surface area contributed by atoms with Crippen molar-refractivity contribution in [3.05, 3.63) is 60.2 Å². The van der Waals surface area contributed by atoms with E-state index in [-0.39, 0.29) is 0 Å². The normalized spacial score (nSPS) is 10.1. The van der Waals surface area contributed by atoms with Gasteiger partial charge in [-0.25, -0.2) is 0 Å². The number of hydrogen-bond acceptors (Lipinski definition) is 1. The van der Waals surface area contributed by atoms with Crippen LogP contribution in [0.5, 0.6) is 0 Å². The second-order valence-electron chi connectivity index (χ2n) is 3.81. The number of nitrogens with two attached hydrogens (primary N) is 1. The third-order valence-corrected chi connectivity index (χ3v) is 2.85. The minimum Gasteiger partial charge on any atom is -0.398 e. The van der Waals surface area contributed by atoms with Gasteiger partial charge in [0.2, 0.25) is 0 Å². The SMILES string of the molecule is C=Cc1cccc(-c2ccccc2N)c1C. The molecular weight excluding hydrogens is 194 g/mol. The molecule has 2 N–H and O–H groups in total. The molecule has 16 heavy (non-hydrogen) atoms. The van der Waals surface area contributed by atoms with E-state index in [2.05, 4.69) is 25.6 Å². The zero-order chi connectivity index (χ0) is 11.5. The second kappa shape index (κ2) is 4.23. The van der Waals surface area contributed by atoms with Crippen LogP contribution < -0.4 is 5.73 Å². The van der Waals surface area contributed by atoms with Gasteiger partial charge in [-0.3, -0.25) is 0 Å². The Hall–Kier alpha value is -2.02. The van der Waals surface area contributed by atoms with E-state index in [0.29, 0.717) is 0 Å². The van der Waals surface area contributed by atoms with E-state index in [1.165, 1.54) is 11.1 Å². The molecule has 1 nitrogen and oxygen atoms in total. The lowest BCUT2D eigenvalue weighted by molar-refractivity contribution is 1.43. The molecule has 0 aliphatic rings. The standard InChI is InChI=1S/C15H15N/c1-3-12-7-6-9-13(11(12)2)14-8-4-5-10-15(14)16/h3-10H,1,16H2,2H3. The summed E-state index contributed by atoms with van der Waals surface area (Å²) in [6.45, 7) is 5.91. The molecule has 0 saturated carbocycles. The molecule has 0 amide bonds. The predicted octanol–water partition coefficient (Wildman–Crippen LogP) is 3.89. The maximum Gasteiger partial charge on any atom is 0.0393 e. The van der Waals surface area contributed by atoms with Gasteiger partial charge in [-0.05, 0) is 29.7 Å². The predicted molar refractivity (Wildman–Crippen MR) is 71.1 cm³/mol. The van der Waals surface area contributed by atoms with Gasteiger partial charge in [0.15, 0.2) is 0 Å². The van der Waals surface area contributed by atoms with Crippen LogP contribution >= 0.6 is 0 Å². The Labute approximate surface area is 96.2 Å². The fraction of sp³-hybridized carbons (Fsp3) is 0.0667. The van der Waals surface area contributed by atoms with Gasteiger partial charge >= 0.3 is 0 Å². The van der Waals surface area contributed by atoms with Crippen LogP contribution in [0, 0.1) is 6.92 Å². The Kier molecular flexibility index (Phi) is 2.78. The lowest BCUT2D eigenvalue weighted by Gasteiger charge is -2.11. The summed E-state index contributed by atoms with van der Waals surface area (Å²) in [5, 5.41) is 0. The number of nitrogen functional groups attached to an aromatic ring is 1. The van der Waals surface area contributed by atoms with E-state index in [4.69, 9.17) is 5.73 Å². The third-order valence-electron chi connectivity index (χ3n) is 2.85. The first-order valence-electron chi connectivity index (χ1n) is 5.31. The lowest BCUT2D eigenvalue weighted by Crippen LogP contribution is -1.92. The van der Waals surface area contributed by atoms with E-state index in [1.54, 1.807) is 0 Å². The molecule has 0 aliphatic carbocycles. The summed E-state index contributed by atoms with van der Waals surface area (Å²) in [4.78, 5) is 0. The van der Waals surface area contributed by atoms with Crippen molar-refractivity contribution in [3.8, 4) is 11.1 Å². The van der Waals surface area contributed by atoms with Crippen LogP contribution in [-0.2, 0) is 0 Å². The Morgan fingerprint density at radius 3 is 2.38 bits per heavy atom. The van der Waals surface area contributed by atoms with Crippen molar-refractivity contribution in [1.29, 1.82) is 0 Å². The molecule has 2 aromatic rings. The lowest BCUT2D eigenvalue weighted by atomic mass is 9.95. The number of benzene rings is 2. The van der Waals surface area contributed by atoms with Crippen molar-refractivity contribution in [3.63, 3.8) is 0 Å². The van der Waals surface area contributed by atoms with Crippen LogP contribution in [0.25, 0.3) is 17.2 Å². The van der Waals surface area contributed by atoms with Crippen molar-refractivity contribution in [1.82, 2.24) is 0 Å². The Morgan fingerprint density at radius 2 is 1.69 bits per heavy atom. The Bertz CT molecular complexity index is 527. The topological polar surface area (TPSA) is 26.0 Å². The zero-order valence-electron chi connectivity index (χ0n) is 9.40. The molecule has 0 aliphatic heterocycles. The molecule has 1 heteroatoms. The van der Waals surface area contributed by atoms with E-state index in [9.17, 15) is 0 Å². The highest BCUT2D eigenvalue weighted by Crippen LogP contribution is 2.30. The van der Waals surface area contributed by atoms with Gasteiger partial charge in [0, 0.05) is 11.3 Å². The van der Waals surface area contributed by atoms with Crippen LogP contribution in [0.4, 0.5) is 5.69 Å². The molecule has 2 aromatic carbocycles. The molecule has 0 spiro atoms. The summed E-state index contributed by atoms with van der Waals surface area (Å²) in [5.41, 5.74) is 11.4. The van der Waals surface area contributed by atoms with Crippen molar-refractivity contribution in [2.75, 3.05) is 5.73 Å². The molecule has 0 unspecified atom stereocenters. The van der Waals surface area contributed by atoms with Crippen LogP contribution in [0.15, 0.2) is 49.0 Å². The van der Waals surface area contributed by atoms with Crippen molar-refractivity contribution >= 4 is 11.8 Å². The quantitative estimate of drug-likeness (QED) is 0.746. The Balaban J connectivity index is 2.65. The molecule has 0 atom stereocenters. The largest absolute Gasteiger partial charge is 0.398 e. The van der Waals surface area contributed by atoms with E-state index >= 15 is 0 Å². The molecule has 0 fully saturated rings. The van der Waals surface area contributed by atoms with Crippen molar-refractivity contribution < 1.29 is 0 Å². The molecule has 2 rings (SSSR count). The van der Waals surface area contributed by atoms with Gasteiger partial charge < -0.3 is 5.73 Å². The summed E-state index contributed by atoms with van der Waals surface area (Å²) in [5.74, 6) is 0. The van der Waals surface area contributed by atoms with Gasteiger partial charge in [-0.15, -0.1) is 0 Å². The summed E-state index contributed by atoms with van der Waals surface area (Å²) in [7, 11) is 0. The molecule has 0 aromatic heterocycles. The summed E-state index contributed by atoms with van der Waals surface area (Å²) >= 11 is 0. The summed E-state index contributed by atoms with van der Waals surface area (Å²) < 4.78 is 0. The molecule has 0 heterocycles. The summed E-state index contributed by atoms with van der Waals surface area (Å²) in [6.07, 6.45) is 1.87. The summed E-state index contributed by atoms with van der Waals surface area (Å²) in [6, 6.07) is 14.1. The highest BCUT2D eigenvalue weighted by Gasteiger charge is 2.06. The smallest absolute Gasteiger partial charge is 0.0393 e. The first-order chi connectivity index (χ1) is 7.74. The number of hydrogen-bond donors (Lipinski definition) is 1. The van der Waals surface area contributed by atoms with E-state index < -0.39 is 0 Å². The molecular formula is C15H15N. The van der Waals surface area contributed by atoms with Crippen molar-refractivity contribution in [2.24, 2.45) is 0 Å². The maximum atomic E-state index is 5.99. The first kappa shape index (κ1) is 10.5. The van der Waals surface area contributed by atoms with Gasteiger partial charge in [0.05, 0.1) is 0 Å². The van der Waals surface area contributed by atoms with Crippen LogP contribution in [-0.4, -0.2) is 0 Å². The Morgan fingerprint density at radius 1 is 1.00 bits per heavy atom. The van der Waals surface area contributed by atoms with Gasteiger partial charge in [-0.2, -0.15) is 0 Å². The molecule has 0 bridgehead atoms. The second-order valence-corrected chi connectivity index (χ2v) is 3.81. The minimum absolute atomic E-state index is 0.812. The minimum atomic E-state index is 0.812. The number of para-hydroxylation sites is 1. The van der Waals surface area contributed by atoms with Crippen molar-refractivity contribution in [2.45, 2.75) is 6.92 Å². The average molecular weight is 209 g/mol. The van der Waals surface area contributed by atoms with Gasteiger partial charge in [0.25, 0.3) is 0 Å². The molecule has 0 saturated heterocycles. The van der Waals surface area contributed by atoms with E-state index in [0.717, 1.165) is 16.8 Å². The van der Waals surface area contributed by atoms with Crippen LogP contribution in [0.1, 0.15) is 11.1 Å². The van der Waals surface area contributed by atoms with Crippen LogP contribution in [0.3, 0.4) is 0 Å². The molecule has 0 radical (unpaired) electrons. The third kappa shape index (κ3) is 1.72. The van der Waals surface area contributed by atoms with Gasteiger partial charge in [0.1, 0.15) is 0 Å². The molecule has 80 valence electrons. The first-order valence-corrected chi connectivity index (χ1v) is 5.31. The zero-order valence-corrected chi connectivity index (χ0v) is 9.40. The van der Waals surface area contributed by atoms with Gasteiger partial charge in [-0.1, -0.05) is 49.1 Å². The average Bonchev–Trinajstić information content (AvgIpc) is 2.31. The highest BCUT2D eigenvalue weighted by atomic mass is 14.6.